The molecule has 0 aromatic carbocycles. The van der Waals surface area contributed by atoms with Crippen LogP contribution in [0.5, 0.6) is 0 Å². The lowest BCUT2D eigenvalue weighted by atomic mass is 9.96. The van der Waals surface area contributed by atoms with Gasteiger partial charge in [0.05, 0.1) is 6.61 Å². The number of carbonyl (C=O) groups excluding carboxylic acids is 2. The molecule has 0 saturated heterocycles. The van der Waals surface area contributed by atoms with Crippen LogP contribution in [0.25, 0.3) is 0 Å². The molecular formula is C16H27NO3. The Morgan fingerprint density at radius 2 is 1.90 bits per heavy atom. The maximum absolute atomic E-state index is 12.3. The molecule has 1 saturated carbocycles. The van der Waals surface area contributed by atoms with Crippen LogP contribution in [0.1, 0.15) is 51.9 Å². The van der Waals surface area contributed by atoms with Crippen molar-refractivity contribution in [2.24, 2.45) is 5.92 Å². The maximum Gasteiger partial charge on any atom is 0.325 e. The first-order valence-electron chi connectivity index (χ1n) is 7.71. The Morgan fingerprint density at radius 1 is 1.25 bits per heavy atom. The minimum Gasteiger partial charge on any atom is -0.465 e. The quantitative estimate of drug-likeness (QED) is 0.409. The van der Waals surface area contributed by atoms with E-state index in [-0.39, 0.29) is 18.4 Å². The van der Waals surface area contributed by atoms with Crippen molar-refractivity contribution >= 4 is 11.9 Å². The van der Waals surface area contributed by atoms with Crippen LogP contribution in [0.4, 0.5) is 0 Å². The van der Waals surface area contributed by atoms with Crippen LogP contribution in [-0.4, -0.2) is 36.5 Å². The van der Waals surface area contributed by atoms with E-state index in [0.717, 1.165) is 12.8 Å². The van der Waals surface area contributed by atoms with Crippen LogP contribution in [0.15, 0.2) is 12.7 Å². The van der Waals surface area contributed by atoms with E-state index in [0.29, 0.717) is 25.5 Å². The summed E-state index contributed by atoms with van der Waals surface area (Å²) >= 11 is 0. The van der Waals surface area contributed by atoms with E-state index in [1.54, 1.807) is 17.9 Å². The Bertz CT molecular complexity index is 320. The molecule has 0 bridgehead atoms. The van der Waals surface area contributed by atoms with E-state index in [1.165, 1.54) is 25.7 Å². The number of carbonyl (C=O) groups is 2. The number of rotatable bonds is 7. The molecule has 1 aliphatic carbocycles. The molecule has 20 heavy (non-hydrogen) atoms. The lowest BCUT2D eigenvalue weighted by molar-refractivity contribution is -0.148. The van der Waals surface area contributed by atoms with Crippen molar-refractivity contribution in [3.8, 4) is 0 Å². The number of ether oxygens (including phenoxy) is 1. The molecule has 1 fully saturated rings. The van der Waals surface area contributed by atoms with Gasteiger partial charge in [-0.25, -0.2) is 0 Å². The highest BCUT2D eigenvalue weighted by Gasteiger charge is 2.21. The van der Waals surface area contributed by atoms with E-state index in [1.807, 2.05) is 0 Å². The monoisotopic (exact) mass is 281 g/mol. The molecule has 0 spiro atoms. The SMILES string of the molecule is C=CCN(CC(=O)OCC)C(=O)CC1CCCCCC1. The van der Waals surface area contributed by atoms with Crippen molar-refractivity contribution < 1.29 is 14.3 Å². The predicted molar refractivity (Wildman–Crippen MR) is 79.2 cm³/mol. The van der Waals surface area contributed by atoms with Crippen LogP contribution in [0.2, 0.25) is 0 Å². The standard InChI is InChI=1S/C16H27NO3/c1-3-11-17(13-16(19)20-4-2)15(18)12-14-9-7-5-6-8-10-14/h3,14H,1,4-13H2,2H3. The van der Waals surface area contributed by atoms with Gasteiger partial charge in [-0.1, -0.05) is 31.8 Å². The number of hydrogen-bond donors (Lipinski definition) is 0. The number of amides is 1. The first-order chi connectivity index (χ1) is 9.67. The van der Waals surface area contributed by atoms with Crippen molar-refractivity contribution in [2.75, 3.05) is 19.7 Å². The highest BCUT2D eigenvalue weighted by Crippen LogP contribution is 2.25. The molecule has 0 heterocycles. The van der Waals surface area contributed by atoms with Gasteiger partial charge >= 0.3 is 5.97 Å². The van der Waals surface area contributed by atoms with E-state index < -0.39 is 0 Å². The van der Waals surface area contributed by atoms with Gasteiger partial charge in [0.2, 0.25) is 5.91 Å². The van der Waals surface area contributed by atoms with Crippen LogP contribution in [0, 0.1) is 5.92 Å². The third kappa shape index (κ3) is 6.22. The smallest absolute Gasteiger partial charge is 0.325 e. The molecule has 0 aromatic heterocycles. The Hall–Kier alpha value is -1.32. The summed E-state index contributed by atoms with van der Waals surface area (Å²) in [5.41, 5.74) is 0. The molecule has 0 aliphatic heterocycles. The second-order valence-electron chi connectivity index (χ2n) is 5.43. The van der Waals surface area contributed by atoms with Crippen LogP contribution in [0.3, 0.4) is 0 Å². The van der Waals surface area contributed by atoms with E-state index in [9.17, 15) is 9.59 Å². The summed E-state index contributed by atoms with van der Waals surface area (Å²) in [5.74, 6) is 0.174. The molecule has 1 rings (SSSR count). The average molecular weight is 281 g/mol. The second-order valence-corrected chi connectivity index (χ2v) is 5.43. The fourth-order valence-electron chi connectivity index (χ4n) is 2.72. The van der Waals surface area contributed by atoms with E-state index in [4.69, 9.17) is 4.74 Å². The minimum atomic E-state index is -0.344. The Labute approximate surface area is 122 Å². The molecule has 0 atom stereocenters. The van der Waals surface area contributed by atoms with Gasteiger partial charge in [-0.15, -0.1) is 6.58 Å². The molecule has 0 N–H and O–H groups in total. The normalized spacial score (nSPS) is 16.2. The molecule has 0 radical (unpaired) electrons. The average Bonchev–Trinajstić information content (AvgIpc) is 2.67. The van der Waals surface area contributed by atoms with Crippen molar-refractivity contribution in [2.45, 2.75) is 51.9 Å². The predicted octanol–water partition coefficient (Wildman–Crippen LogP) is 2.92. The zero-order valence-corrected chi connectivity index (χ0v) is 12.6. The second kappa shape index (κ2) is 9.56. The summed E-state index contributed by atoms with van der Waals surface area (Å²) in [6.45, 7) is 6.20. The number of esters is 1. The van der Waals surface area contributed by atoms with Gasteiger partial charge in [-0.3, -0.25) is 9.59 Å². The van der Waals surface area contributed by atoms with Gasteiger partial charge < -0.3 is 9.64 Å². The fraction of sp³-hybridized carbons (Fsp3) is 0.750. The van der Waals surface area contributed by atoms with Gasteiger partial charge in [0.1, 0.15) is 6.54 Å². The summed E-state index contributed by atoms with van der Waals surface area (Å²) in [4.78, 5) is 25.4. The summed E-state index contributed by atoms with van der Waals surface area (Å²) in [6.07, 6.45) is 9.47. The highest BCUT2D eigenvalue weighted by molar-refractivity contribution is 5.82. The third-order valence-electron chi connectivity index (χ3n) is 3.77. The van der Waals surface area contributed by atoms with Gasteiger partial charge in [0.25, 0.3) is 0 Å². The molecule has 4 heteroatoms. The largest absolute Gasteiger partial charge is 0.465 e. The summed E-state index contributed by atoms with van der Waals surface area (Å²) in [7, 11) is 0. The van der Waals surface area contributed by atoms with Crippen molar-refractivity contribution in [1.29, 1.82) is 0 Å². The number of nitrogens with zero attached hydrogens (tertiary/aromatic N) is 1. The van der Waals surface area contributed by atoms with Crippen molar-refractivity contribution in [3.63, 3.8) is 0 Å². The number of hydrogen-bond acceptors (Lipinski definition) is 3. The summed E-state index contributed by atoms with van der Waals surface area (Å²) < 4.78 is 4.91. The molecule has 1 amide bonds. The zero-order chi connectivity index (χ0) is 14.8. The first-order valence-corrected chi connectivity index (χ1v) is 7.71. The molecule has 0 aromatic rings. The van der Waals surface area contributed by atoms with Crippen LogP contribution < -0.4 is 0 Å². The van der Waals surface area contributed by atoms with Crippen molar-refractivity contribution in [1.82, 2.24) is 4.90 Å². The Balaban J connectivity index is 2.49. The van der Waals surface area contributed by atoms with E-state index >= 15 is 0 Å². The topological polar surface area (TPSA) is 46.6 Å². The van der Waals surface area contributed by atoms with Crippen LogP contribution in [-0.2, 0) is 14.3 Å². The lowest BCUT2D eigenvalue weighted by Crippen LogP contribution is -2.37. The molecule has 114 valence electrons. The molecule has 0 unspecified atom stereocenters. The summed E-state index contributed by atoms with van der Waals surface area (Å²) in [6, 6.07) is 0. The van der Waals surface area contributed by atoms with Gasteiger partial charge in [0, 0.05) is 13.0 Å². The Kier molecular flexibility index (Phi) is 8.00. The molecule has 4 nitrogen and oxygen atoms in total. The third-order valence-corrected chi connectivity index (χ3v) is 3.77. The fourth-order valence-corrected chi connectivity index (χ4v) is 2.72. The molecule has 1 aliphatic rings. The van der Waals surface area contributed by atoms with Gasteiger partial charge in [-0.05, 0) is 25.7 Å². The summed E-state index contributed by atoms with van der Waals surface area (Å²) in [5, 5.41) is 0. The zero-order valence-electron chi connectivity index (χ0n) is 12.6. The minimum absolute atomic E-state index is 0.0331. The van der Waals surface area contributed by atoms with Crippen molar-refractivity contribution in [3.05, 3.63) is 12.7 Å². The first kappa shape index (κ1) is 16.7. The van der Waals surface area contributed by atoms with Gasteiger partial charge in [-0.2, -0.15) is 0 Å². The van der Waals surface area contributed by atoms with E-state index in [2.05, 4.69) is 6.58 Å². The lowest BCUT2D eigenvalue weighted by Gasteiger charge is -2.22. The van der Waals surface area contributed by atoms with Crippen LogP contribution >= 0.6 is 0 Å². The maximum atomic E-state index is 12.3. The van der Waals surface area contributed by atoms with Gasteiger partial charge in [0.15, 0.2) is 0 Å². The Morgan fingerprint density at radius 3 is 2.45 bits per heavy atom. The highest BCUT2D eigenvalue weighted by atomic mass is 16.5. The molecular weight excluding hydrogens is 254 g/mol.